The lowest BCUT2D eigenvalue weighted by Gasteiger charge is -2.42. The summed E-state index contributed by atoms with van der Waals surface area (Å²) in [7, 11) is 1.74. The van der Waals surface area contributed by atoms with Gasteiger partial charge in [-0.1, -0.05) is 13.0 Å². The largest absolute Gasteiger partial charge is 0.490 e. The van der Waals surface area contributed by atoms with Gasteiger partial charge in [-0.2, -0.15) is 5.26 Å². The number of hydrogen-bond donors (Lipinski definition) is 2. The van der Waals surface area contributed by atoms with Crippen molar-refractivity contribution < 1.29 is 23.9 Å². The Morgan fingerprint density at radius 3 is 2.81 bits per heavy atom. The maximum Gasteiger partial charge on any atom is 0.257 e. The van der Waals surface area contributed by atoms with Gasteiger partial charge in [0, 0.05) is 24.8 Å². The van der Waals surface area contributed by atoms with Crippen LogP contribution in [-0.2, 0) is 9.53 Å². The van der Waals surface area contributed by atoms with Crippen LogP contribution in [0.3, 0.4) is 0 Å². The molecule has 1 fully saturated rings. The van der Waals surface area contributed by atoms with Crippen LogP contribution >= 0.6 is 0 Å². The lowest BCUT2D eigenvalue weighted by Crippen LogP contribution is -2.54. The number of carbonyl (C=O) groups is 3. The van der Waals surface area contributed by atoms with Gasteiger partial charge in [0.05, 0.1) is 35.8 Å². The molecule has 0 aromatic heterocycles. The van der Waals surface area contributed by atoms with Gasteiger partial charge >= 0.3 is 0 Å². The van der Waals surface area contributed by atoms with E-state index in [4.69, 9.17) is 14.7 Å². The van der Waals surface area contributed by atoms with Crippen molar-refractivity contribution in [3.05, 3.63) is 59.2 Å². The van der Waals surface area contributed by atoms with Gasteiger partial charge in [-0.25, -0.2) is 0 Å². The molecule has 1 saturated heterocycles. The van der Waals surface area contributed by atoms with Crippen molar-refractivity contribution in [3.63, 3.8) is 0 Å². The number of likely N-dealkylation sites (N-methyl/N-ethyl adjacent to an activating group) is 1. The third kappa shape index (κ3) is 5.66. The van der Waals surface area contributed by atoms with Gasteiger partial charge in [-0.05, 0) is 55.7 Å². The molecule has 2 aromatic carbocycles. The number of anilines is 1. The second-order valence-corrected chi connectivity index (χ2v) is 9.08. The number of hydrogen-bond acceptors (Lipinski definition) is 6. The van der Waals surface area contributed by atoms with E-state index < -0.39 is 0 Å². The Balaban J connectivity index is 1.47. The van der Waals surface area contributed by atoms with Gasteiger partial charge < -0.3 is 25.0 Å². The summed E-state index contributed by atoms with van der Waals surface area (Å²) in [6, 6.07) is 13.1. The Bertz CT molecular complexity index is 1190. The monoisotopic (exact) mass is 490 g/mol. The maximum absolute atomic E-state index is 13.4. The fourth-order valence-corrected chi connectivity index (χ4v) is 4.58. The van der Waals surface area contributed by atoms with Crippen molar-refractivity contribution in [2.45, 2.75) is 50.9 Å². The van der Waals surface area contributed by atoms with Crippen molar-refractivity contribution in [2.24, 2.45) is 0 Å². The molecule has 0 radical (unpaired) electrons. The molecular formula is C27H30N4O5. The topological polar surface area (TPSA) is 121 Å². The second kappa shape index (κ2) is 11.2. The highest BCUT2D eigenvalue weighted by molar-refractivity contribution is 6.05. The van der Waals surface area contributed by atoms with Gasteiger partial charge in [0.25, 0.3) is 11.8 Å². The van der Waals surface area contributed by atoms with E-state index >= 15 is 0 Å². The van der Waals surface area contributed by atoms with E-state index in [0.717, 1.165) is 6.42 Å². The van der Waals surface area contributed by atoms with Crippen LogP contribution < -0.4 is 15.4 Å². The first-order valence-corrected chi connectivity index (χ1v) is 12.2. The van der Waals surface area contributed by atoms with Gasteiger partial charge in [0.15, 0.2) is 0 Å². The Morgan fingerprint density at radius 1 is 1.19 bits per heavy atom. The first-order valence-electron chi connectivity index (χ1n) is 12.2. The summed E-state index contributed by atoms with van der Waals surface area (Å²) in [6.45, 7) is 2.89. The quantitative estimate of drug-likeness (QED) is 0.642. The number of nitriles is 1. The molecule has 0 saturated carbocycles. The molecule has 188 valence electrons. The maximum atomic E-state index is 13.4. The number of carbonyl (C=O) groups excluding carboxylic acids is 3. The van der Waals surface area contributed by atoms with Crippen LogP contribution in [0, 0.1) is 11.3 Å². The molecule has 0 unspecified atom stereocenters. The van der Waals surface area contributed by atoms with Crippen LogP contribution in [0.25, 0.3) is 0 Å². The van der Waals surface area contributed by atoms with Crippen LogP contribution in [-0.4, -0.2) is 61.1 Å². The number of ether oxygens (including phenoxy) is 2. The normalized spacial score (nSPS) is 21.1. The van der Waals surface area contributed by atoms with Gasteiger partial charge in [0.1, 0.15) is 18.5 Å². The molecule has 3 amide bonds. The average Bonchev–Trinajstić information content (AvgIpc) is 2.89. The summed E-state index contributed by atoms with van der Waals surface area (Å²) in [5.74, 6) is -0.239. The molecule has 2 N–H and O–H groups in total. The number of nitrogens with one attached hydrogen (secondary N) is 2. The molecule has 4 rings (SSSR count). The van der Waals surface area contributed by atoms with Crippen LogP contribution in [0.4, 0.5) is 5.69 Å². The molecular weight excluding hydrogens is 460 g/mol. The van der Waals surface area contributed by atoms with E-state index in [-0.39, 0.29) is 49.0 Å². The summed E-state index contributed by atoms with van der Waals surface area (Å²) in [5.41, 5.74) is 1.53. The Kier molecular flexibility index (Phi) is 7.86. The molecule has 2 aromatic rings. The van der Waals surface area contributed by atoms with E-state index in [1.165, 1.54) is 6.07 Å². The van der Waals surface area contributed by atoms with Crippen molar-refractivity contribution in [1.29, 1.82) is 5.26 Å². The fraction of sp³-hybridized carbons (Fsp3) is 0.407. The van der Waals surface area contributed by atoms with E-state index in [0.29, 0.717) is 47.5 Å². The van der Waals surface area contributed by atoms with Gasteiger partial charge in [-0.15, -0.1) is 0 Å². The molecule has 0 bridgehead atoms. The number of benzene rings is 2. The average molecular weight is 491 g/mol. The first kappa shape index (κ1) is 25.2. The van der Waals surface area contributed by atoms with Crippen molar-refractivity contribution in [2.75, 3.05) is 25.5 Å². The van der Waals surface area contributed by atoms with Gasteiger partial charge in [-0.3, -0.25) is 14.4 Å². The summed E-state index contributed by atoms with van der Waals surface area (Å²) >= 11 is 0. The molecule has 0 aliphatic carbocycles. The van der Waals surface area contributed by atoms with Crippen LogP contribution in [0.2, 0.25) is 0 Å². The lowest BCUT2D eigenvalue weighted by atomic mass is 9.94. The Labute approximate surface area is 210 Å². The highest BCUT2D eigenvalue weighted by Gasteiger charge is 2.39. The predicted octanol–water partition coefficient (Wildman–Crippen LogP) is 3.11. The Hall–Kier alpha value is -3.90. The molecule has 3 atom stereocenters. The zero-order valence-electron chi connectivity index (χ0n) is 20.5. The SMILES string of the molecule is CCCNC(=O)C[C@H]1CC[C@H]2[C@@H](COc3ccc(NC(=O)c4cccc(C#N)c4)cc3C(=O)N2C)O1. The minimum Gasteiger partial charge on any atom is -0.490 e. The summed E-state index contributed by atoms with van der Waals surface area (Å²) in [4.78, 5) is 39.9. The molecule has 0 spiro atoms. The van der Waals surface area contributed by atoms with Crippen LogP contribution in [0.15, 0.2) is 42.5 Å². The van der Waals surface area contributed by atoms with Crippen LogP contribution in [0.1, 0.15) is 58.9 Å². The molecule has 9 nitrogen and oxygen atoms in total. The summed E-state index contributed by atoms with van der Waals surface area (Å²) in [6.07, 6.45) is 1.97. The number of amides is 3. The molecule has 2 aliphatic rings. The highest BCUT2D eigenvalue weighted by atomic mass is 16.5. The minimum absolute atomic E-state index is 0.0317. The van der Waals surface area contributed by atoms with Crippen molar-refractivity contribution in [3.8, 4) is 11.8 Å². The standard InChI is InChI=1S/C27H30N4O5/c1-3-11-29-25(32)14-20-8-9-22-24(36-20)16-35-23-10-7-19(13-21(23)27(34)31(22)2)30-26(33)18-6-4-5-17(12-18)15-28/h4-7,10,12-13,20,22,24H,3,8-9,11,14,16H2,1-2H3,(H,29,32)(H,30,33)/t20-,22+,24-/m1/s1. The van der Waals surface area contributed by atoms with Crippen molar-refractivity contribution >= 4 is 23.4 Å². The van der Waals surface area contributed by atoms with E-state index in [1.807, 2.05) is 13.0 Å². The lowest BCUT2D eigenvalue weighted by molar-refractivity contribution is -0.134. The number of rotatable bonds is 6. The molecule has 2 heterocycles. The zero-order chi connectivity index (χ0) is 25.7. The molecule has 36 heavy (non-hydrogen) atoms. The number of fused-ring (bicyclic) bond motifs is 2. The van der Waals surface area contributed by atoms with E-state index in [1.54, 1.807) is 48.3 Å². The van der Waals surface area contributed by atoms with Crippen LogP contribution in [0.5, 0.6) is 5.75 Å². The third-order valence-corrected chi connectivity index (χ3v) is 6.51. The zero-order valence-corrected chi connectivity index (χ0v) is 20.5. The second-order valence-electron chi connectivity index (χ2n) is 9.08. The molecule has 9 heteroatoms. The van der Waals surface area contributed by atoms with E-state index in [9.17, 15) is 14.4 Å². The molecule has 2 aliphatic heterocycles. The fourth-order valence-electron chi connectivity index (χ4n) is 4.58. The summed E-state index contributed by atoms with van der Waals surface area (Å²) < 4.78 is 12.2. The number of nitrogens with zero attached hydrogens (tertiary/aromatic N) is 2. The minimum atomic E-state index is -0.380. The Morgan fingerprint density at radius 2 is 2.03 bits per heavy atom. The van der Waals surface area contributed by atoms with Crippen molar-refractivity contribution in [1.82, 2.24) is 10.2 Å². The van der Waals surface area contributed by atoms with E-state index in [2.05, 4.69) is 10.6 Å². The predicted molar refractivity (Wildman–Crippen MR) is 133 cm³/mol. The third-order valence-electron chi connectivity index (χ3n) is 6.51. The smallest absolute Gasteiger partial charge is 0.257 e. The summed E-state index contributed by atoms with van der Waals surface area (Å²) in [5, 5.41) is 14.7. The van der Waals surface area contributed by atoms with Gasteiger partial charge in [0.2, 0.25) is 5.91 Å². The first-order chi connectivity index (χ1) is 17.4. The highest BCUT2D eigenvalue weighted by Crippen LogP contribution is 2.32.